The third-order valence-corrected chi connectivity index (χ3v) is 6.87. The third kappa shape index (κ3) is 3.92. The van der Waals surface area contributed by atoms with Crippen LogP contribution < -0.4 is 5.32 Å². The summed E-state index contributed by atoms with van der Waals surface area (Å²) in [6.07, 6.45) is -7.32. The number of halogens is 7. The Balaban J connectivity index is 0.000000145. The van der Waals surface area contributed by atoms with Gasteiger partial charge in [-0.1, -0.05) is 11.6 Å². The van der Waals surface area contributed by atoms with Gasteiger partial charge >= 0.3 is 12.4 Å². The topological polar surface area (TPSA) is 72.4 Å². The van der Waals surface area contributed by atoms with Crippen molar-refractivity contribution in [3.63, 3.8) is 0 Å². The molecule has 0 radical (unpaired) electrons. The molecule has 1 N–H and O–H groups in total. The van der Waals surface area contributed by atoms with Gasteiger partial charge in [-0.15, -0.1) is 22.7 Å². The number of hydrogen-bond donors (Lipinski definition) is 1. The fraction of sp³-hybridized carbons (Fsp3) is 0.158. The van der Waals surface area contributed by atoms with Crippen LogP contribution in [0.15, 0.2) is 35.3 Å². The molecule has 0 amide bonds. The number of fused-ring (bicyclic) bond motifs is 6. The SMILES string of the molecule is CNc1nc2ccsc2n2c(C(F)(F)F)cnc12.FC(F)(F)c1cnc2c(Cl)nc3ccsc3n12. The first-order valence-corrected chi connectivity index (χ1v) is 11.6. The van der Waals surface area contributed by atoms with Gasteiger partial charge in [0.15, 0.2) is 22.3 Å². The van der Waals surface area contributed by atoms with Crippen molar-refractivity contribution in [2.24, 2.45) is 0 Å². The van der Waals surface area contributed by atoms with Crippen molar-refractivity contribution in [2.45, 2.75) is 12.4 Å². The highest BCUT2D eigenvalue weighted by molar-refractivity contribution is 7.17. The largest absolute Gasteiger partial charge is 0.433 e. The van der Waals surface area contributed by atoms with E-state index >= 15 is 0 Å². The Hall–Kier alpha value is -3.17. The summed E-state index contributed by atoms with van der Waals surface area (Å²) in [5, 5.41) is 6.09. The van der Waals surface area contributed by atoms with E-state index in [1.807, 2.05) is 0 Å². The van der Waals surface area contributed by atoms with Crippen LogP contribution in [-0.4, -0.2) is 35.8 Å². The molecule has 0 atom stereocenters. The lowest BCUT2D eigenvalue weighted by Gasteiger charge is -2.08. The molecule has 16 heteroatoms. The van der Waals surface area contributed by atoms with Crippen LogP contribution in [0.4, 0.5) is 32.2 Å². The molecular formula is C19H10ClF6N7S2. The summed E-state index contributed by atoms with van der Waals surface area (Å²) in [6.45, 7) is 0. The molecule has 0 aliphatic carbocycles. The minimum Gasteiger partial charge on any atom is -0.370 e. The number of alkyl halides is 6. The highest BCUT2D eigenvalue weighted by atomic mass is 35.5. The molecule has 35 heavy (non-hydrogen) atoms. The molecule has 6 heterocycles. The van der Waals surface area contributed by atoms with Crippen molar-refractivity contribution < 1.29 is 26.3 Å². The summed E-state index contributed by atoms with van der Waals surface area (Å²) < 4.78 is 79.3. The Labute approximate surface area is 203 Å². The van der Waals surface area contributed by atoms with E-state index in [1.165, 1.54) is 11.3 Å². The lowest BCUT2D eigenvalue weighted by atomic mass is 10.4. The summed E-state index contributed by atoms with van der Waals surface area (Å²) in [6, 6.07) is 3.30. The van der Waals surface area contributed by atoms with Crippen molar-refractivity contribution in [3.05, 3.63) is 51.8 Å². The Bertz CT molecular complexity index is 1700. The van der Waals surface area contributed by atoms with E-state index in [-0.39, 0.29) is 16.4 Å². The average Bonchev–Trinajstić information content (AvgIpc) is 3.56. The van der Waals surface area contributed by atoms with Gasteiger partial charge in [-0.2, -0.15) is 26.3 Å². The number of thiophene rings is 2. The number of hydrogen-bond acceptors (Lipinski definition) is 7. The molecule has 0 fully saturated rings. The van der Waals surface area contributed by atoms with Crippen molar-refractivity contribution in [3.8, 4) is 0 Å². The van der Waals surface area contributed by atoms with Gasteiger partial charge in [-0.3, -0.25) is 8.80 Å². The fourth-order valence-corrected chi connectivity index (χ4v) is 5.34. The van der Waals surface area contributed by atoms with E-state index in [9.17, 15) is 26.3 Å². The number of anilines is 1. The second kappa shape index (κ2) is 8.20. The predicted octanol–water partition coefficient (Wildman–Crippen LogP) is 6.62. The van der Waals surface area contributed by atoms with Crippen LogP contribution >= 0.6 is 34.3 Å². The zero-order valence-electron chi connectivity index (χ0n) is 17.1. The molecule has 182 valence electrons. The lowest BCUT2D eigenvalue weighted by molar-refractivity contribution is -0.142. The predicted molar refractivity (Wildman–Crippen MR) is 121 cm³/mol. The van der Waals surface area contributed by atoms with E-state index in [0.717, 1.165) is 32.5 Å². The van der Waals surface area contributed by atoms with Crippen LogP contribution in [0.5, 0.6) is 0 Å². The number of imidazole rings is 2. The van der Waals surface area contributed by atoms with Crippen LogP contribution in [0.25, 0.3) is 32.0 Å². The van der Waals surface area contributed by atoms with E-state index in [4.69, 9.17) is 11.6 Å². The molecule has 6 aromatic rings. The molecule has 0 aliphatic rings. The first-order valence-electron chi connectivity index (χ1n) is 9.47. The highest BCUT2D eigenvalue weighted by Gasteiger charge is 2.36. The standard InChI is InChI=1S/C10H7F3N4S.C9H3ClF3N3S/c1-14-7-8-15-4-6(10(11,12)13)17(8)9-5(16-7)2-3-18-9;10-6-7-14-3-5(9(11,12)13)16(7)8-4(15-6)1-2-17-8/h2-4H,1H3,(H,14,16);1-3H. The molecular weight excluding hydrogens is 540 g/mol. The summed E-state index contributed by atoms with van der Waals surface area (Å²) >= 11 is 8.17. The Morgan fingerprint density at radius 1 is 0.800 bits per heavy atom. The number of aromatic nitrogens is 6. The van der Waals surface area contributed by atoms with Gasteiger partial charge < -0.3 is 5.32 Å². The van der Waals surface area contributed by atoms with E-state index < -0.39 is 23.7 Å². The van der Waals surface area contributed by atoms with Gasteiger partial charge in [0.1, 0.15) is 32.1 Å². The molecule has 6 aromatic heterocycles. The third-order valence-electron chi connectivity index (χ3n) is 4.84. The van der Waals surface area contributed by atoms with Crippen LogP contribution in [0.1, 0.15) is 11.4 Å². The Morgan fingerprint density at radius 3 is 1.80 bits per heavy atom. The summed E-state index contributed by atoms with van der Waals surface area (Å²) in [4.78, 5) is 16.5. The Kier molecular flexibility index (Phi) is 5.52. The van der Waals surface area contributed by atoms with Gasteiger partial charge in [0.05, 0.1) is 12.4 Å². The normalized spacial score (nSPS) is 12.6. The van der Waals surface area contributed by atoms with Crippen LogP contribution in [0.2, 0.25) is 5.15 Å². The summed E-state index contributed by atoms with van der Waals surface area (Å²) in [5.74, 6) is 0.330. The van der Waals surface area contributed by atoms with Gasteiger partial charge in [0, 0.05) is 7.05 Å². The molecule has 0 aliphatic heterocycles. The fourth-order valence-electron chi connectivity index (χ4n) is 3.42. The molecule has 0 saturated carbocycles. The number of nitrogens with one attached hydrogen (secondary N) is 1. The first-order chi connectivity index (χ1) is 16.5. The first kappa shape index (κ1) is 23.6. The number of nitrogens with zero attached hydrogens (tertiary/aromatic N) is 6. The van der Waals surface area contributed by atoms with Crippen LogP contribution in [-0.2, 0) is 12.4 Å². The quantitative estimate of drug-likeness (QED) is 0.233. The smallest absolute Gasteiger partial charge is 0.370 e. The maximum atomic E-state index is 12.9. The molecule has 7 nitrogen and oxygen atoms in total. The second-order valence-corrected chi connectivity index (χ2v) is 9.08. The zero-order chi connectivity index (χ0) is 25.1. The molecule has 0 bridgehead atoms. The van der Waals surface area contributed by atoms with E-state index in [2.05, 4.69) is 25.3 Å². The maximum Gasteiger partial charge on any atom is 0.433 e. The average molecular weight is 550 g/mol. The molecule has 0 unspecified atom stereocenters. The van der Waals surface area contributed by atoms with E-state index in [1.54, 1.807) is 29.9 Å². The molecule has 6 rings (SSSR count). The van der Waals surface area contributed by atoms with Gasteiger partial charge in [0.25, 0.3) is 0 Å². The van der Waals surface area contributed by atoms with Crippen LogP contribution in [0.3, 0.4) is 0 Å². The maximum absolute atomic E-state index is 12.9. The minimum absolute atomic E-state index is 0.0222. The van der Waals surface area contributed by atoms with E-state index in [0.29, 0.717) is 26.5 Å². The van der Waals surface area contributed by atoms with Crippen molar-refractivity contribution in [1.29, 1.82) is 0 Å². The monoisotopic (exact) mass is 549 g/mol. The highest BCUT2D eigenvalue weighted by Crippen LogP contribution is 2.35. The van der Waals surface area contributed by atoms with Gasteiger partial charge in [-0.05, 0) is 22.9 Å². The minimum atomic E-state index is -4.47. The van der Waals surface area contributed by atoms with Crippen molar-refractivity contribution >= 4 is 72.1 Å². The molecule has 0 spiro atoms. The lowest BCUT2D eigenvalue weighted by Crippen LogP contribution is -2.09. The zero-order valence-corrected chi connectivity index (χ0v) is 19.5. The van der Waals surface area contributed by atoms with Gasteiger partial charge in [0.2, 0.25) is 0 Å². The Morgan fingerprint density at radius 2 is 1.29 bits per heavy atom. The molecule has 0 aromatic carbocycles. The molecule has 0 saturated heterocycles. The van der Waals surface area contributed by atoms with Gasteiger partial charge in [-0.25, -0.2) is 19.9 Å². The number of rotatable bonds is 1. The van der Waals surface area contributed by atoms with Crippen LogP contribution in [0, 0.1) is 0 Å². The second-order valence-electron chi connectivity index (χ2n) is 6.94. The van der Waals surface area contributed by atoms with Crippen molar-refractivity contribution in [1.82, 2.24) is 28.7 Å². The summed E-state index contributed by atoms with van der Waals surface area (Å²) in [5.41, 5.74) is -0.488. The summed E-state index contributed by atoms with van der Waals surface area (Å²) in [7, 11) is 1.60. The van der Waals surface area contributed by atoms with Crippen molar-refractivity contribution in [2.75, 3.05) is 12.4 Å².